The van der Waals surface area contributed by atoms with Crippen LogP contribution in [0.1, 0.15) is 10.4 Å². The number of phenols is 1. The number of para-hydroxylation sites is 1. The van der Waals surface area contributed by atoms with E-state index in [1.54, 1.807) is 35.2 Å². The van der Waals surface area contributed by atoms with E-state index in [1.165, 1.54) is 11.3 Å². The fourth-order valence-electron chi connectivity index (χ4n) is 1.97. The molecule has 0 unspecified atom stereocenters. The predicted molar refractivity (Wildman–Crippen MR) is 86.8 cm³/mol. The summed E-state index contributed by atoms with van der Waals surface area (Å²) in [5, 5.41) is 9.76. The van der Waals surface area contributed by atoms with Crippen LogP contribution in [0.25, 0.3) is 0 Å². The lowest BCUT2D eigenvalue weighted by Crippen LogP contribution is -2.31. The number of amides is 1. The van der Waals surface area contributed by atoms with Crippen molar-refractivity contribution in [3.63, 3.8) is 0 Å². The zero-order chi connectivity index (χ0) is 15.2. The molecule has 1 N–H and O–H groups in total. The molecule has 0 aliphatic carbocycles. The van der Waals surface area contributed by atoms with Crippen LogP contribution in [0.15, 0.2) is 49.1 Å². The number of aromatic hydroxyl groups is 1. The van der Waals surface area contributed by atoms with Crippen LogP contribution < -0.4 is 0 Å². The first-order chi connectivity index (χ1) is 10.1. The van der Waals surface area contributed by atoms with E-state index in [1.807, 2.05) is 12.1 Å². The number of nitrogens with zero attached hydrogens (tertiary/aromatic N) is 1. The van der Waals surface area contributed by atoms with Crippen LogP contribution in [0.2, 0.25) is 4.34 Å². The maximum atomic E-state index is 12.4. The summed E-state index contributed by atoms with van der Waals surface area (Å²) in [7, 11) is 0. The Morgan fingerprint density at radius 2 is 2.10 bits per heavy atom. The van der Waals surface area contributed by atoms with E-state index in [0.717, 1.165) is 4.88 Å². The number of hydrogen-bond donors (Lipinski definition) is 1. The lowest BCUT2D eigenvalue weighted by Gasteiger charge is -2.20. The van der Waals surface area contributed by atoms with Crippen LogP contribution in [0.5, 0.6) is 5.75 Å². The zero-order valence-electron chi connectivity index (χ0n) is 11.5. The van der Waals surface area contributed by atoms with Crippen molar-refractivity contribution >= 4 is 28.8 Å². The van der Waals surface area contributed by atoms with Gasteiger partial charge >= 0.3 is 0 Å². The van der Waals surface area contributed by atoms with Gasteiger partial charge in [0.1, 0.15) is 5.75 Å². The summed E-state index contributed by atoms with van der Waals surface area (Å²) in [4.78, 5) is 15.1. The van der Waals surface area contributed by atoms with Crippen molar-refractivity contribution in [2.75, 3.05) is 6.54 Å². The molecule has 0 bridgehead atoms. The number of halogens is 1. The molecule has 0 radical (unpaired) electrons. The molecular weight excluding hydrogens is 306 g/mol. The molecule has 21 heavy (non-hydrogen) atoms. The fraction of sp³-hybridized carbons (Fsp3) is 0.188. The molecule has 0 aliphatic rings. The van der Waals surface area contributed by atoms with Crippen molar-refractivity contribution in [1.29, 1.82) is 0 Å². The van der Waals surface area contributed by atoms with E-state index in [4.69, 9.17) is 11.6 Å². The topological polar surface area (TPSA) is 40.5 Å². The highest BCUT2D eigenvalue weighted by Crippen LogP contribution is 2.23. The largest absolute Gasteiger partial charge is 0.508 e. The molecule has 1 aromatic heterocycles. The summed E-state index contributed by atoms with van der Waals surface area (Å²) in [6, 6.07) is 10.6. The number of benzene rings is 1. The van der Waals surface area contributed by atoms with Gasteiger partial charge in [-0.25, -0.2) is 0 Å². The number of rotatable bonds is 6. The third-order valence-electron chi connectivity index (χ3n) is 3.01. The Morgan fingerprint density at radius 3 is 2.71 bits per heavy atom. The van der Waals surface area contributed by atoms with Crippen LogP contribution >= 0.6 is 22.9 Å². The molecular formula is C16H16ClNO2S. The molecule has 0 fully saturated rings. The first-order valence-corrected chi connectivity index (χ1v) is 7.69. The van der Waals surface area contributed by atoms with E-state index < -0.39 is 0 Å². The Hall–Kier alpha value is -1.78. The fourth-order valence-corrected chi connectivity index (χ4v) is 3.07. The van der Waals surface area contributed by atoms with Crippen LogP contribution in [-0.2, 0) is 17.8 Å². The molecule has 0 saturated carbocycles. The number of carbonyl (C=O) groups is 1. The summed E-state index contributed by atoms with van der Waals surface area (Å²) in [5.74, 6) is 0.0875. The van der Waals surface area contributed by atoms with Crippen molar-refractivity contribution in [1.82, 2.24) is 4.90 Å². The highest BCUT2D eigenvalue weighted by molar-refractivity contribution is 7.16. The SMILES string of the molecule is C=CCN(Cc1ccc(Cl)s1)C(=O)Cc1ccccc1O. The normalized spacial score (nSPS) is 10.3. The number of phenolic OH excluding ortho intramolecular Hbond substituents is 1. The minimum absolute atomic E-state index is 0.0547. The van der Waals surface area contributed by atoms with Gasteiger partial charge < -0.3 is 10.0 Å². The number of hydrogen-bond acceptors (Lipinski definition) is 3. The van der Waals surface area contributed by atoms with Crippen molar-refractivity contribution < 1.29 is 9.90 Å². The third kappa shape index (κ3) is 4.34. The second-order valence-electron chi connectivity index (χ2n) is 4.57. The molecule has 1 heterocycles. The van der Waals surface area contributed by atoms with Crippen LogP contribution in [0, 0.1) is 0 Å². The summed E-state index contributed by atoms with van der Waals surface area (Å²) < 4.78 is 0.705. The van der Waals surface area contributed by atoms with Crippen molar-refractivity contribution in [2.24, 2.45) is 0 Å². The molecule has 0 atom stereocenters. The zero-order valence-corrected chi connectivity index (χ0v) is 13.0. The van der Waals surface area contributed by atoms with E-state index in [2.05, 4.69) is 6.58 Å². The van der Waals surface area contributed by atoms with Gasteiger partial charge in [0, 0.05) is 17.0 Å². The molecule has 0 aliphatic heterocycles. The van der Waals surface area contributed by atoms with E-state index in [-0.39, 0.29) is 18.1 Å². The van der Waals surface area contributed by atoms with Gasteiger partial charge in [0.2, 0.25) is 5.91 Å². The molecule has 3 nitrogen and oxygen atoms in total. The maximum absolute atomic E-state index is 12.4. The molecule has 1 aromatic carbocycles. The van der Waals surface area contributed by atoms with Crippen LogP contribution in [0.4, 0.5) is 0 Å². The van der Waals surface area contributed by atoms with Crippen LogP contribution in [0.3, 0.4) is 0 Å². The van der Waals surface area contributed by atoms with Gasteiger partial charge in [-0.05, 0) is 18.2 Å². The molecule has 2 rings (SSSR count). The summed E-state index contributed by atoms with van der Waals surface area (Å²) in [6.07, 6.45) is 1.86. The van der Waals surface area contributed by atoms with E-state index >= 15 is 0 Å². The maximum Gasteiger partial charge on any atom is 0.227 e. The quantitative estimate of drug-likeness (QED) is 0.821. The van der Waals surface area contributed by atoms with Crippen LogP contribution in [-0.4, -0.2) is 22.5 Å². The minimum Gasteiger partial charge on any atom is -0.508 e. The molecule has 2 aromatic rings. The average Bonchev–Trinajstić information content (AvgIpc) is 2.86. The lowest BCUT2D eigenvalue weighted by atomic mass is 10.1. The van der Waals surface area contributed by atoms with Gasteiger partial charge in [-0.3, -0.25) is 4.79 Å². The van der Waals surface area contributed by atoms with Gasteiger partial charge in [-0.15, -0.1) is 17.9 Å². The third-order valence-corrected chi connectivity index (χ3v) is 4.23. The Labute approximate surface area is 133 Å². The van der Waals surface area contributed by atoms with Crippen molar-refractivity contribution in [3.05, 3.63) is 63.8 Å². The van der Waals surface area contributed by atoms with Gasteiger partial charge in [0.05, 0.1) is 17.3 Å². The Morgan fingerprint density at radius 1 is 1.33 bits per heavy atom. The van der Waals surface area contributed by atoms with Crippen molar-refractivity contribution in [3.8, 4) is 5.75 Å². The van der Waals surface area contributed by atoms with Gasteiger partial charge in [-0.2, -0.15) is 0 Å². The average molecular weight is 322 g/mol. The van der Waals surface area contributed by atoms with Gasteiger partial charge in [0.25, 0.3) is 0 Å². The monoisotopic (exact) mass is 321 g/mol. The highest BCUT2D eigenvalue weighted by Gasteiger charge is 2.15. The number of thiophene rings is 1. The standard InChI is InChI=1S/C16H16ClNO2S/c1-2-9-18(11-13-7-8-15(17)21-13)16(20)10-12-5-3-4-6-14(12)19/h2-8,19H,1,9-11H2. The molecule has 5 heteroatoms. The summed E-state index contributed by atoms with van der Waals surface area (Å²) in [6.45, 7) is 4.64. The Bertz CT molecular complexity index is 639. The summed E-state index contributed by atoms with van der Waals surface area (Å²) in [5.41, 5.74) is 0.626. The lowest BCUT2D eigenvalue weighted by molar-refractivity contribution is -0.130. The molecule has 1 amide bonds. The smallest absolute Gasteiger partial charge is 0.227 e. The second kappa shape index (κ2) is 7.29. The molecule has 0 spiro atoms. The molecule has 0 saturated heterocycles. The Kier molecular flexibility index (Phi) is 5.42. The van der Waals surface area contributed by atoms with Gasteiger partial charge in [0.15, 0.2) is 0 Å². The minimum atomic E-state index is -0.0547. The number of carbonyl (C=O) groups excluding carboxylic acids is 1. The Balaban J connectivity index is 2.08. The second-order valence-corrected chi connectivity index (χ2v) is 6.37. The molecule has 110 valence electrons. The first-order valence-electron chi connectivity index (χ1n) is 6.50. The van der Waals surface area contributed by atoms with E-state index in [0.29, 0.717) is 23.0 Å². The highest BCUT2D eigenvalue weighted by atomic mass is 35.5. The predicted octanol–water partition coefficient (Wildman–Crippen LogP) is 3.86. The van der Waals surface area contributed by atoms with E-state index in [9.17, 15) is 9.90 Å². The first kappa shape index (κ1) is 15.6. The van der Waals surface area contributed by atoms with Crippen molar-refractivity contribution in [2.45, 2.75) is 13.0 Å². The summed E-state index contributed by atoms with van der Waals surface area (Å²) >= 11 is 7.37. The van der Waals surface area contributed by atoms with Gasteiger partial charge in [-0.1, -0.05) is 35.9 Å².